The highest BCUT2D eigenvalue weighted by atomic mass is 16.4. The zero-order valence-corrected chi connectivity index (χ0v) is 9.99. The Morgan fingerprint density at radius 3 is 2.47 bits per heavy atom. The van der Waals surface area contributed by atoms with E-state index in [1.807, 2.05) is 0 Å². The zero-order valence-electron chi connectivity index (χ0n) is 9.99. The molecule has 0 aliphatic heterocycles. The topological polar surface area (TPSA) is 97.1 Å². The standard InChI is InChI=1S/C10H16N4O3/c1-6(10(16)17)7(2)13-9(15)8(3)14-5-11-4-12-14/h4-8H,1-3H3,(H,13,15)(H,16,17). The molecule has 0 aromatic carbocycles. The number of aromatic nitrogens is 3. The van der Waals surface area contributed by atoms with Crippen molar-refractivity contribution in [2.24, 2.45) is 5.92 Å². The zero-order chi connectivity index (χ0) is 13.0. The first kappa shape index (κ1) is 13.1. The fraction of sp³-hybridized carbons (Fsp3) is 0.600. The molecule has 0 spiro atoms. The molecule has 7 nitrogen and oxygen atoms in total. The number of hydrogen-bond acceptors (Lipinski definition) is 4. The predicted octanol–water partition coefficient (Wildman–Crippen LogP) is 0.0645. The van der Waals surface area contributed by atoms with E-state index in [9.17, 15) is 9.59 Å². The number of carbonyl (C=O) groups excluding carboxylic acids is 1. The highest BCUT2D eigenvalue weighted by Crippen LogP contribution is 2.06. The van der Waals surface area contributed by atoms with Crippen LogP contribution in [0.5, 0.6) is 0 Å². The Morgan fingerprint density at radius 1 is 1.35 bits per heavy atom. The molecule has 3 atom stereocenters. The quantitative estimate of drug-likeness (QED) is 0.758. The van der Waals surface area contributed by atoms with Crippen molar-refractivity contribution in [3.63, 3.8) is 0 Å². The van der Waals surface area contributed by atoms with Gasteiger partial charge in [0.05, 0.1) is 5.92 Å². The van der Waals surface area contributed by atoms with Crippen LogP contribution in [0.25, 0.3) is 0 Å². The number of aliphatic carboxylic acids is 1. The van der Waals surface area contributed by atoms with E-state index < -0.39 is 24.0 Å². The van der Waals surface area contributed by atoms with E-state index in [2.05, 4.69) is 15.4 Å². The number of nitrogens with one attached hydrogen (secondary N) is 1. The lowest BCUT2D eigenvalue weighted by Crippen LogP contribution is -2.42. The first-order valence-electron chi connectivity index (χ1n) is 5.30. The molecule has 0 saturated carbocycles. The van der Waals surface area contributed by atoms with Gasteiger partial charge in [0.25, 0.3) is 0 Å². The van der Waals surface area contributed by atoms with Gasteiger partial charge in [0.1, 0.15) is 18.7 Å². The van der Waals surface area contributed by atoms with Gasteiger partial charge in [-0.2, -0.15) is 5.10 Å². The van der Waals surface area contributed by atoms with Crippen LogP contribution in [-0.4, -0.2) is 37.8 Å². The van der Waals surface area contributed by atoms with Crippen molar-refractivity contribution in [1.82, 2.24) is 20.1 Å². The molecule has 2 N–H and O–H groups in total. The van der Waals surface area contributed by atoms with Crippen molar-refractivity contribution in [1.29, 1.82) is 0 Å². The molecule has 0 aliphatic rings. The van der Waals surface area contributed by atoms with Crippen molar-refractivity contribution in [2.45, 2.75) is 32.9 Å². The van der Waals surface area contributed by atoms with Gasteiger partial charge in [-0.3, -0.25) is 9.59 Å². The summed E-state index contributed by atoms with van der Waals surface area (Å²) in [5.41, 5.74) is 0. The van der Waals surface area contributed by atoms with Gasteiger partial charge in [-0.05, 0) is 20.8 Å². The highest BCUT2D eigenvalue weighted by molar-refractivity contribution is 5.81. The molecule has 1 rings (SSSR count). The first-order valence-corrected chi connectivity index (χ1v) is 5.30. The lowest BCUT2D eigenvalue weighted by atomic mass is 10.0. The highest BCUT2D eigenvalue weighted by Gasteiger charge is 2.23. The van der Waals surface area contributed by atoms with E-state index in [0.29, 0.717) is 0 Å². The van der Waals surface area contributed by atoms with Crippen molar-refractivity contribution in [3.05, 3.63) is 12.7 Å². The summed E-state index contributed by atoms with van der Waals surface area (Å²) in [7, 11) is 0. The summed E-state index contributed by atoms with van der Waals surface area (Å²) in [5, 5.41) is 15.3. The molecule has 0 radical (unpaired) electrons. The van der Waals surface area contributed by atoms with Gasteiger partial charge in [0.15, 0.2) is 0 Å². The fourth-order valence-corrected chi connectivity index (χ4v) is 1.22. The molecule has 7 heteroatoms. The van der Waals surface area contributed by atoms with Crippen LogP contribution in [0.1, 0.15) is 26.8 Å². The summed E-state index contributed by atoms with van der Waals surface area (Å²) < 4.78 is 1.41. The maximum Gasteiger partial charge on any atom is 0.308 e. The van der Waals surface area contributed by atoms with E-state index in [1.165, 1.54) is 17.3 Å². The summed E-state index contributed by atoms with van der Waals surface area (Å²) in [6.45, 7) is 4.88. The third kappa shape index (κ3) is 3.27. The largest absolute Gasteiger partial charge is 0.481 e. The molecule has 1 amide bonds. The van der Waals surface area contributed by atoms with Crippen molar-refractivity contribution < 1.29 is 14.7 Å². The maximum atomic E-state index is 11.8. The molecule has 1 aromatic heterocycles. The second kappa shape index (κ2) is 5.42. The van der Waals surface area contributed by atoms with Crippen molar-refractivity contribution in [2.75, 3.05) is 0 Å². The fourth-order valence-electron chi connectivity index (χ4n) is 1.22. The minimum Gasteiger partial charge on any atom is -0.481 e. The summed E-state index contributed by atoms with van der Waals surface area (Å²) in [5.74, 6) is -1.86. The van der Waals surface area contributed by atoms with E-state index in [1.54, 1.807) is 20.8 Å². The predicted molar refractivity (Wildman–Crippen MR) is 59.1 cm³/mol. The normalized spacial score (nSPS) is 15.9. The van der Waals surface area contributed by atoms with Gasteiger partial charge in [0.2, 0.25) is 5.91 Å². The van der Waals surface area contributed by atoms with Gasteiger partial charge in [-0.25, -0.2) is 9.67 Å². The summed E-state index contributed by atoms with van der Waals surface area (Å²) in [6.07, 6.45) is 2.78. The monoisotopic (exact) mass is 240 g/mol. The SMILES string of the molecule is CC(NC(=O)C(C)n1cncn1)C(C)C(=O)O. The third-order valence-electron chi connectivity index (χ3n) is 2.72. The average Bonchev–Trinajstić information content (AvgIpc) is 2.79. The van der Waals surface area contributed by atoms with Crippen molar-refractivity contribution >= 4 is 11.9 Å². The van der Waals surface area contributed by atoms with Crippen molar-refractivity contribution in [3.8, 4) is 0 Å². The van der Waals surface area contributed by atoms with E-state index in [0.717, 1.165) is 0 Å². The van der Waals surface area contributed by atoms with Crippen LogP contribution in [0, 0.1) is 5.92 Å². The Hall–Kier alpha value is -1.92. The minimum absolute atomic E-state index is 0.281. The molecule has 0 bridgehead atoms. The van der Waals surface area contributed by atoms with E-state index in [-0.39, 0.29) is 5.91 Å². The molecule has 0 saturated heterocycles. The lowest BCUT2D eigenvalue weighted by molar-refractivity contribution is -0.142. The third-order valence-corrected chi connectivity index (χ3v) is 2.72. The number of carboxylic acids is 1. The van der Waals surface area contributed by atoms with Gasteiger partial charge < -0.3 is 10.4 Å². The maximum absolute atomic E-state index is 11.8. The smallest absolute Gasteiger partial charge is 0.308 e. The Kier molecular flexibility index (Phi) is 4.19. The van der Waals surface area contributed by atoms with Gasteiger partial charge in [0, 0.05) is 6.04 Å². The van der Waals surface area contributed by atoms with Crippen LogP contribution in [0.2, 0.25) is 0 Å². The number of carboxylic acid groups (broad SMARTS) is 1. The Balaban J connectivity index is 2.58. The Bertz CT molecular complexity index is 390. The average molecular weight is 240 g/mol. The van der Waals surface area contributed by atoms with Crippen LogP contribution in [0.15, 0.2) is 12.7 Å². The molecular weight excluding hydrogens is 224 g/mol. The van der Waals surface area contributed by atoms with E-state index in [4.69, 9.17) is 5.11 Å². The Morgan fingerprint density at radius 2 is 2.00 bits per heavy atom. The molecule has 1 aromatic rings. The number of rotatable bonds is 5. The van der Waals surface area contributed by atoms with Crippen LogP contribution in [-0.2, 0) is 9.59 Å². The second-order valence-electron chi connectivity index (χ2n) is 3.98. The molecule has 0 aliphatic carbocycles. The van der Waals surface area contributed by atoms with Gasteiger partial charge in [-0.1, -0.05) is 0 Å². The number of hydrogen-bond donors (Lipinski definition) is 2. The van der Waals surface area contributed by atoms with Crippen LogP contribution >= 0.6 is 0 Å². The van der Waals surface area contributed by atoms with Gasteiger partial charge >= 0.3 is 5.97 Å². The van der Waals surface area contributed by atoms with Crippen LogP contribution in [0.3, 0.4) is 0 Å². The minimum atomic E-state index is -0.939. The second-order valence-corrected chi connectivity index (χ2v) is 3.98. The molecular formula is C10H16N4O3. The van der Waals surface area contributed by atoms with Crippen LogP contribution < -0.4 is 5.32 Å². The molecule has 94 valence electrons. The van der Waals surface area contributed by atoms with E-state index >= 15 is 0 Å². The first-order chi connectivity index (χ1) is 7.93. The molecule has 1 heterocycles. The van der Waals surface area contributed by atoms with Crippen LogP contribution in [0.4, 0.5) is 0 Å². The summed E-state index contributed by atoms with van der Waals surface area (Å²) >= 11 is 0. The number of carbonyl (C=O) groups is 2. The molecule has 0 fully saturated rings. The van der Waals surface area contributed by atoms with Gasteiger partial charge in [-0.15, -0.1) is 0 Å². The Labute approximate surface area is 98.8 Å². The lowest BCUT2D eigenvalue weighted by Gasteiger charge is -2.20. The number of nitrogens with zero attached hydrogens (tertiary/aromatic N) is 3. The number of amides is 1. The molecule has 3 unspecified atom stereocenters. The summed E-state index contributed by atoms with van der Waals surface area (Å²) in [4.78, 5) is 26.3. The summed E-state index contributed by atoms with van der Waals surface area (Å²) in [6, 6.07) is -0.952. The molecule has 17 heavy (non-hydrogen) atoms.